The smallest absolute Gasteiger partial charge is 0.259 e. The molecule has 3 heteroatoms. The monoisotopic (exact) mass is 325 g/mol. The van der Waals surface area contributed by atoms with Crippen LogP contribution in [0.5, 0.6) is 0 Å². The van der Waals surface area contributed by atoms with E-state index >= 15 is 0 Å². The maximum atomic E-state index is 12.1. The molecule has 1 aromatic rings. The summed E-state index contributed by atoms with van der Waals surface area (Å²) in [6.07, 6.45) is 3.20. The summed E-state index contributed by atoms with van der Waals surface area (Å²) >= 11 is 2.14. The third kappa shape index (κ3) is 3.08. The molecule has 82 valence electrons. The lowest BCUT2D eigenvalue weighted by Gasteiger charge is -2.16. The summed E-state index contributed by atoms with van der Waals surface area (Å²) in [4.78, 5) is 13.6. The van der Waals surface area contributed by atoms with Crippen LogP contribution in [0.4, 0.5) is 0 Å². The summed E-state index contributed by atoms with van der Waals surface area (Å²) in [5, 5.41) is 0. The normalized spacial score (nSPS) is 9.06. The quantitative estimate of drug-likeness (QED) is 0.473. The van der Waals surface area contributed by atoms with Crippen molar-refractivity contribution in [2.24, 2.45) is 0 Å². The number of nitrogens with zero attached hydrogens (tertiary/aromatic N) is 1. The molecule has 0 aromatic heterocycles. The summed E-state index contributed by atoms with van der Waals surface area (Å²) in [5.41, 5.74) is 3.28. The first-order valence-corrected chi connectivity index (χ1v) is 5.81. The zero-order valence-electron chi connectivity index (χ0n) is 8.82. The molecule has 0 radical (unpaired) electrons. The van der Waals surface area contributed by atoms with Crippen molar-refractivity contribution in [1.82, 2.24) is 4.90 Å². The number of hydrogen-bond donors (Lipinski definition) is 0. The van der Waals surface area contributed by atoms with E-state index in [1.54, 1.807) is 12.1 Å². The SMILES string of the molecule is C=C=CN(CC=C)C(=O)c1ccccc1I. The zero-order chi connectivity index (χ0) is 12.0. The third-order valence-electron chi connectivity index (χ3n) is 1.94. The van der Waals surface area contributed by atoms with Gasteiger partial charge in [0.1, 0.15) is 0 Å². The fourth-order valence-electron chi connectivity index (χ4n) is 1.23. The van der Waals surface area contributed by atoms with Gasteiger partial charge in [-0.1, -0.05) is 24.8 Å². The topological polar surface area (TPSA) is 20.3 Å². The van der Waals surface area contributed by atoms with Crippen molar-refractivity contribution in [2.75, 3.05) is 6.54 Å². The molecule has 0 aliphatic rings. The van der Waals surface area contributed by atoms with Gasteiger partial charge in [-0.15, -0.1) is 12.3 Å². The average molecular weight is 325 g/mol. The number of carbonyl (C=O) groups is 1. The molecule has 0 aliphatic heterocycles. The number of carbonyl (C=O) groups excluding carboxylic acids is 1. The van der Waals surface area contributed by atoms with Crippen LogP contribution in [0.1, 0.15) is 10.4 Å². The molecule has 0 N–H and O–H groups in total. The number of hydrogen-bond acceptors (Lipinski definition) is 1. The first-order chi connectivity index (χ1) is 7.70. The van der Waals surface area contributed by atoms with Gasteiger partial charge in [0.2, 0.25) is 0 Å². The number of rotatable bonds is 4. The van der Waals surface area contributed by atoms with Gasteiger partial charge in [-0.05, 0) is 34.7 Å². The summed E-state index contributed by atoms with van der Waals surface area (Å²) in [7, 11) is 0. The lowest BCUT2D eigenvalue weighted by atomic mass is 10.2. The second-order valence-electron chi connectivity index (χ2n) is 3.06. The van der Waals surface area contributed by atoms with Crippen molar-refractivity contribution in [3.8, 4) is 0 Å². The van der Waals surface area contributed by atoms with E-state index < -0.39 is 0 Å². The van der Waals surface area contributed by atoms with Gasteiger partial charge in [-0.3, -0.25) is 4.79 Å². The minimum absolute atomic E-state index is 0.0685. The molecule has 0 unspecified atom stereocenters. The van der Waals surface area contributed by atoms with Gasteiger partial charge in [0.05, 0.1) is 5.56 Å². The van der Waals surface area contributed by atoms with Crippen LogP contribution in [-0.2, 0) is 0 Å². The van der Waals surface area contributed by atoms with Gasteiger partial charge in [0, 0.05) is 16.3 Å². The Morgan fingerprint density at radius 2 is 2.19 bits per heavy atom. The fraction of sp³-hybridized carbons (Fsp3) is 0.0769. The van der Waals surface area contributed by atoms with Crippen LogP contribution in [0.3, 0.4) is 0 Å². The lowest BCUT2D eigenvalue weighted by Crippen LogP contribution is -2.26. The fourth-order valence-corrected chi connectivity index (χ4v) is 1.85. The molecule has 16 heavy (non-hydrogen) atoms. The highest BCUT2D eigenvalue weighted by Gasteiger charge is 2.14. The highest BCUT2D eigenvalue weighted by atomic mass is 127. The molecule has 0 heterocycles. The number of benzene rings is 1. The molecule has 1 rings (SSSR count). The molecule has 0 atom stereocenters. The molecular formula is C13H12INO. The zero-order valence-corrected chi connectivity index (χ0v) is 11.0. The molecule has 0 bridgehead atoms. The van der Waals surface area contributed by atoms with E-state index in [0.29, 0.717) is 12.1 Å². The van der Waals surface area contributed by atoms with Crippen LogP contribution in [-0.4, -0.2) is 17.4 Å². The van der Waals surface area contributed by atoms with Gasteiger partial charge < -0.3 is 4.90 Å². The third-order valence-corrected chi connectivity index (χ3v) is 2.88. The predicted molar refractivity (Wildman–Crippen MR) is 74.1 cm³/mol. The van der Waals surface area contributed by atoms with Crippen molar-refractivity contribution in [3.63, 3.8) is 0 Å². The standard InChI is InChI=1S/C13H12INO/c1-3-9-15(10-4-2)13(16)11-7-5-6-8-12(11)14/h3,5-8,10H,1-2,9H2. The summed E-state index contributed by atoms with van der Waals surface area (Å²) in [6.45, 7) is 7.54. The highest BCUT2D eigenvalue weighted by Crippen LogP contribution is 2.14. The first-order valence-electron chi connectivity index (χ1n) is 4.73. The molecule has 0 spiro atoms. The van der Waals surface area contributed by atoms with E-state index in [4.69, 9.17) is 0 Å². The van der Waals surface area contributed by atoms with Crippen molar-refractivity contribution in [3.05, 3.63) is 64.6 Å². The molecule has 1 aromatic carbocycles. The van der Waals surface area contributed by atoms with E-state index in [0.717, 1.165) is 3.57 Å². The molecule has 0 fully saturated rings. The van der Waals surface area contributed by atoms with Gasteiger partial charge in [-0.2, -0.15) is 0 Å². The van der Waals surface area contributed by atoms with E-state index in [-0.39, 0.29) is 5.91 Å². The molecule has 2 nitrogen and oxygen atoms in total. The van der Waals surface area contributed by atoms with Gasteiger partial charge >= 0.3 is 0 Å². The van der Waals surface area contributed by atoms with Gasteiger partial charge in [-0.25, -0.2) is 0 Å². The second kappa shape index (κ2) is 6.30. The number of halogens is 1. The van der Waals surface area contributed by atoms with Crippen LogP contribution in [0, 0.1) is 3.57 Å². The maximum absolute atomic E-state index is 12.1. The first kappa shape index (κ1) is 12.7. The van der Waals surface area contributed by atoms with Gasteiger partial charge in [0.15, 0.2) is 0 Å². The highest BCUT2D eigenvalue weighted by molar-refractivity contribution is 14.1. The van der Waals surface area contributed by atoms with Crippen LogP contribution in [0.25, 0.3) is 0 Å². The number of amides is 1. The Balaban J connectivity index is 3.03. The van der Waals surface area contributed by atoms with Crippen LogP contribution in [0.15, 0.2) is 55.4 Å². The maximum Gasteiger partial charge on any atom is 0.259 e. The van der Waals surface area contributed by atoms with Crippen LogP contribution in [0.2, 0.25) is 0 Å². The molecule has 0 aliphatic carbocycles. The Kier molecular flexibility index (Phi) is 5.02. The van der Waals surface area contributed by atoms with Crippen LogP contribution >= 0.6 is 22.6 Å². The Morgan fingerprint density at radius 1 is 1.50 bits per heavy atom. The predicted octanol–water partition coefficient (Wildman–Crippen LogP) is 3.22. The second-order valence-corrected chi connectivity index (χ2v) is 4.22. The summed E-state index contributed by atoms with van der Waals surface area (Å²) in [5.74, 6) is -0.0685. The minimum atomic E-state index is -0.0685. The Hall–Kier alpha value is -1.32. The van der Waals surface area contributed by atoms with E-state index in [1.807, 2.05) is 18.2 Å². The molecule has 0 saturated carbocycles. The van der Waals surface area contributed by atoms with Crippen molar-refractivity contribution in [1.29, 1.82) is 0 Å². The summed E-state index contributed by atoms with van der Waals surface area (Å²) < 4.78 is 0.927. The largest absolute Gasteiger partial charge is 0.304 e. The van der Waals surface area contributed by atoms with E-state index in [2.05, 4.69) is 41.5 Å². The van der Waals surface area contributed by atoms with Gasteiger partial charge in [0.25, 0.3) is 5.91 Å². The molecular weight excluding hydrogens is 313 g/mol. The van der Waals surface area contributed by atoms with Crippen molar-refractivity contribution >= 4 is 28.5 Å². The van der Waals surface area contributed by atoms with Crippen molar-refractivity contribution < 1.29 is 4.79 Å². The average Bonchev–Trinajstić information content (AvgIpc) is 2.28. The Bertz CT molecular complexity index is 447. The Morgan fingerprint density at radius 3 is 2.75 bits per heavy atom. The molecule has 1 amide bonds. The van der Waals surface area contributed by atoms with Crippen LogP contribution < -0.4 is 0 Å². The Labute approximate surface area is 109 Å². The lowest BCUT2D eigenvalue weighted by molar-refractivity contribution is 0.0834. The van der Waals surface area contributed by atoms with Crippen molar-refractivity contribution in [2.45, 2.75) is 0 Å². The van der Waals surface area contributed by atoms with E-state index in [9.17, 15) is 4.79 Å². The molecule has 0 saturated heterocycles. The van der Waals surface area contributed by atoms with E-state index in [1.165, 1.54) is 11.1 Å². The summed E-state index contributed by atoms with van der Waals surface area (Å²) in [6, 6.07) is 7.45. The minimum Gasteiger partial charge on any atom is -0.304 e.